The fraction of sp³-hybridized carbons (Fsp3) is 0.109. The van der Waals surface area contributed by atoms with Crippen LogP contribution in [0.3, 0.4) is 0 Å². The summed E-state index contributed by atoms with van der Waals surface area (Å²) < 4.78 is 33.7. The monoisotopic (exact) mass is 876 g/mol. The van der Waals surface area contributed by atoms with E-state index in [0.29, 0.717) is 0 Å². The van der Waals surface area contributed by atoms with Crippen molar-refractivity contribution in [3.63, 3.8) is 0 Å². The Hall–Kier alpha value is -8.33. The molecule has 6 N–H and O–H groups in total. The van der Waals surface area contributed by atoms with Gasteiger partial charge in [0.2, 0.25) is 15.9 Å². The van der Waals surface area contributed by atoms with E-state index in [1.807, 2.05) is 18.2 Å². The first-order valence-electron chi connectivity index (χ1n) is 19.4. The van der Waals surface area contributed by atoms with Gasteiger partial charge in [-0.1, -0.05) is 77.6 Å². The van der Waals surface area contributed by atoms with E-state index in [4.69, 9.17) is 20.1 Å². The average Bonchev–Trinajstić information content (AvgIpc) is 3.29. The number of nitrogens with two attached hydrogens (primary N) is 1. The van der Waals surface area contributed by atoms with E-state index >= 15 is 0 Å². The molecule has 0 unspecified atom stereocenters. The molecule has 320 valence electrons. The SMILES string of the molecule is [N-]=[N+]=Nc1ccc(C(=O)Nc2cc(C(=O)NCCNC(=O)COCC#Cc3ccc4ccc5cccc6ccc3c4c56)cc(C(=O)OCC(=O)Nc3ccc(S(N)(=O)=O)cc3)c2)cc1. The molecule has 0 aliphatic heterocycles. The van der Waals surface area contributed by atoms with Crippen LogP contribution in [0.4, 0.5) is 17.1 Å². The fourth-order valence-corrected chi connectivity index (χ4v) is 7.24. The predicted octanol–water partition coefficient (Wildman–Crippen LogP) is 6.14. The molecule has 0 spiro atoms. The second-order valence-electron chi connectivity index (χ2n) is 14.1. The van der Waals surface area contributed by atoms with E-state index in [0.717, 1.165) is 32.5 Å². The number of ether oxygens (including phenoxy) is 2. The van der Waals surface area contributed by atoms with Crippen molar-refractivity contribution in [2.45, 2.75) is 4.90 Å². The number of hydrogen-bond donors (Lipinski definition) is 5. The van der Waals surface area contributed by atoms with Crippen LogP contribution in [-0.2, 0) is 29.1 Å². The summed E-state index contributed by atoms with van der Waals surface area (Å²) in [6.45, 7) is -1.02. The largest absolute Gasteiger partial charge is 0.452 e. The molecule has 0 aliphatic rings. The number of anilines is 2. The molecule has 7 aromatic carbocycles. The van der Waals surface area contributed by atoms with Gasteiger partial charge >= 0.3 is 5.97 Å². The number of hydrogen-bond acceptors (Lipinski definition) is 10. The van der Waals surface area contributed by atoms with Crippen molar-refractivity contribution in [2.24, 2.45) is 10.3 Å². The number of nitrogens with zero attached hydrogens (tertiary/aromatic N) is 3. The molecule has 0 saturated carbocycles. The Morgan fingerprint density at radius 2 is 1.34 bits per heavy atom. The standard InChI is InChI=1S/C46H36N8O9S/c47-54-53-36-13-10-32(11-14-36)45(58)52-37-24-33(23-34(25-37)46(59)63-27-41(56)51-35-15-17-38(18-16-35)64(48,60)61)44(57)50-21-20-49-40(55)26-62-22-2-5-28-6-7-31-9-8-29-3-1-4-30-12-19-39(28)43(31)42(29)30/h1,3-4,6-19,23-25H,20-22,26-27H2,(H,49,55)(H,50,57)(H,51,56)(H,52,58)(H2,48,60,61). The molecule has 7 aromatic rings. The van der Waals surface area contributed by atoms with E-state index in [9.17, 15) is 32.4 Å². The van der Waals surface area contributed by atoms with Crippen LogP contribution in [0.1, 0.15) is 36.6 Å². The molecule has 0 aliphatic carbocycles. The van der Waals surface area contributed by atoms with Crippen LogP contribution >= 0.6 is 0 Å². The molecule has 0 aromatic heterocycles. The highest BCUT2D eigenvalue weighted by molar-refractivity contribution is 7.89. The average molecular weight is 877 g/mol. The van der Waals surface area contributed by atoms with Gasteiger partial charge in [-0.25, -0.2) is 18.4 Å². The lowest BCUT2D eigenvalue weighted by Gasteiger charge is -2.12. The molecule has 17 nitrogen and oxygen atoms in total. The maximum atomic E-state index is 13.3. The van der Waals surface area contributed by atoms with E-state index in [1.54, 1.807) is 0 Å². The summed E-state index contributed by atoms with van der Waals surface area (Å²) >= 11 is 0. The van der Waals surface area contributed by atoms with E-state index in [-0.39, 0.29) is 65.0 Å². The van der Waals surface area contributed by atoms with Gasteiger partial charge in [-0.15, -0.1) is 0 Å². The lowest BCUT2D eigenvalue weighted by Crippen LogP contribution is -2.36. The quantitative estimate of drug-likeness (QED) is 0.0151. The van der Waals surface area contributed by atoms with Crippen LogP contribution in [-0.4, -0.2) is 70.9 Å². The molecule has 0 bridgehead atoms. The zero-order chi connectivity index (χ0) is 45.2. The number of rotatable bonds is 15. The highest BCUT2D eigenvalue weighted by atomic mass is 32.2. The second-order valence-corrected chi connectivity index (χ2v) is 15.6. The number of esters is 1. The van der Waals surface area contributed by atoms with Gasteiger partial charge in [-0.3, -0.25) is 19.2 Å². The molecule has 0 radical (unpaired) electrons. The molecule has 64 heavy (non-hydrogen) atoms. The van der Waals surface area contributed by atoms with E-state index in [2.05, 4.69) is 79.5 Å². The molecule has 0 fully saturated rings. The zero-order valence-electron chi connectivity index (χ0n) is 33.6. The van der Waals surface area contributed by atoms with Crippen LogP contribution in [0.5, 0.6) is 0 Å². The minimum atomic E-state index is -3.95. The van der Waals surface area contributed by atoms with Crippen LogP contribution < -0.4 is 26.4 Å². The summed E-state index contributed by atoms with van der Waals surface area (Å²) in [4.78, 5) is 67.1. The Morgan fingerprint density at radius 3 is 2.06 bits per heavy atom. The van der Waals surface area contributed by atoms with Crippen molar-refractivity contribution in [3.05, 3.63) is 154 Å². The first kappa shape index (κ1) is 43.7. The normalized spacial score (nSPS) is 11.0. The predicted molar refractivity (Wildman–Crippen MR) is 240 cm³/mol. The topological polar surface area (TPSA) is 261 Å². The summed E-state index contributed by atoms with van der Waals surface area (Å²) in [6, 6.07) is 33.0. The van der Waals surface area contributed by atoms with Crippen LogP contribution in [0.15, 0.2) is 131 Å². The first-order valence-corrected chi connectivity index (χ1v) is 20.9. The minimum Gasteiger partial charge on any atom is -0.452 e. The third-order valence-corrected chi connectivity index (χ3v) is 10.6. The van der Waals surface area contributed by atoms with Crippen molar-refractivity contribution in [2.75, 3.05) is 43.5 Å². The molecule has 7 rings (SSSR count). The van der Waals surface area contributed by atoms with Gasteiger partial charge < -0.3 is 30.7 Å². The summed E-state index contributed by atoms with van der Waals surface area (Å²) in [6.07, 6.45) is 0. The number of azide groups is 1. The van der Waals surface area contributed by atoms with Crippen molar-refractivity contribution < 1.29 is 41.9 Å². The molecular weight excluding hydrogens is 841 g/mol. The third-order valence-electron chi connectivity index (χ3n) is 9.67. The molecular formula is C46H36N8O9S. The molecule has 0 saturated heterocycles. The van der Waals surface area contributed by atoms with Crippen molar-refractivity contribution >= 4 is 89.0 Å². The highest BCUT2D eigenvalue weighted by Gasteiger charge is 2.18. The van der Waals surface area contributed by atoms with Gasteiger partial charge in [0, 0.05) is 51.8 Å². The number of carbonyl (C=O) groups is 5. The number of primary sulfonamides is 1. The number of amides is 4. The van der Waals surface area contributed by atoms with Crippen molar-refractivity contribution in [3.8, 4) is 11.8 Å². The highest BCUT2D eigenvalue weighted by Crippen LogP contribution is 2.35. The van der Waals surface area contributed by atoms with Gasteiger partial charge in [0.1, 0.15) is 13.2 Å². The first-order chi connectivity index (χ1) is 30.9. The Morgan fingerprint density at radius 1 is 0.672 bits per heavy atom. The Balaban J connectivity index is 0.929. The van der Waals surface area contributed by atoms with Crippen LogP contribution in [0.25, 0.3) is 42.8 Å². The Kier molecular flexibility index (Phi) is 13.4. The van der Waals surface area contributed by atoms with Crippen LogP contribution in [0.2, 0.25) is 0 Å². The van der Waals surface area contributed by atoms with Crippen LogP contribution in [0, 0.1) is 11.8 Å². The fourth-order valence-electron chi connectivity index (χ4n) is 6.72. The molecule has 4 amide bonds. The van der Waals surface area contributed by atoms with Gasteiger partial charge in [-0.05, 0) is 98.5 Å². The second kappa shape index (κ2) is 19.6. The van der Waals surface area contributed by atoms with Gasteiger partial charge in [0.05, 0.1) is 10.5 Å². The van der Waals surface area contributed by atoms with Gasteiger partial charge in [0.25, 0.3) is 17.7 Å². The molecule has 0 atom stereocenters. The smallest absolute Gasteiger partial charge is 0.338 e. The third kappa shape index (κ3) is 10.8. The number of nitrogens with one attached hydrogen (secondary N) is 4. The van der Waals surface area contributed by atoms with Crippen molar-refractivity contribution in [1.29, 1.82) is 0 Å². The summed E-state index contributed by atoms with van der Waals surface area (Å²) in [5, 5.41) is 25.7. The number of carbonyl (C=O) groups excluding carboxylic acids is 5. The zero-order valence-corrected chi connectivity index (χ0v) is 34.4. The van der Waals surface area contributed by atoms with Gasteiger partial charge in [-0.2, -0.15) is 0 Å². The van der Waals surface area contributed by atoms with Gasteiger partial charge in [0.15, 0.2) is 6.61 Å². The summed E-state index contributed by atoms with van der Waals surface area (Å²) in [5.74, 6) is 2.63. The van der Waals surface area contributed by atoms with E-state index < -0.39 is 46.2 Å². The summed E-state index contributed by atoms with van der Waals surface area (Å²) in [5.41, 5.74) is 9.92. The maximum Gasteiger partial charge on any atom is 0.338 e. The Labute approximate surface area is 364 Å². The lowest BCUT2D eigenvalue weighted by molar-refractivity contribution is -0.125. The minimum absolute atomic E-state index is 0.00673. The Bertz CT molecular complexity index is 3160. The molecule has 18 heteroatoms. The molecule has 0 heterocycles. The lowest BCUT2D eigenvalue weighted by atomic mass is 9.92. The van der Waals surface area contributed by atoms with Crippen molar-refractivity contribution in [1.82, 2.24) is 10.6 Å². The number of benzene rings is 7. The van der Waals surface area contributed by atoms with E-state index in [1.165, 1.54) is 72.1 Å². The maximum absolute atomic E-state index is 13.3. The number of sulfonamides is 1. The summed E-state index contributed by atoms with van der Waals surface area (Å²) in [7, 11) is -3.95.